The molecule has 5 unspecified atom stereocenters. The number of guanidine groups is 2. The standard InChI is InChI=1S/C21H40N10O6/c1-11(32)15(30-16(33)12(22)5-2-8-27-20(23)24)18(35)31-10-4-7-14(31)17(34)29-13(19(36)37)6-3-9-28-21(25)26/h11-15,32H,2-10,22H2,1H3,(H,29,34)(H,30,33)(H,36,37)(H4,23,24,27)(H4,25,26,28). The van der Waals surface area contributed by atoms with E-state index in [9.17, 15) is 29.4 Å². The van der Waals surface area contributed by atoms with E-state index in [0.717, 1.165) is 0 Å². The molecular formula is C21H40N10O6. The van der Waals surface area contributed by atoms with Crippen LogP contribution in [0.25, 0.3) is 0 Å². The van der Waals surface area contributed by atoms with Crippen LogP contribution in [0.15, 0.2) is 9.98 Å². The van der Waals surface area contributed by atoms with Crippen LogP contribution in [0.1, 0.15) is 45.4 Å². The molecule has 0 spiro atoms. The van der Waals surface area contributed by atoms with Crippen LogP contribution in [0.5, 0.6) is 0 Å². The lowest BCUT2D eigenvalue weighted by Gasteiger charge is -2.31. The molecule has 0 radical (unpaired) electrons. The maximum atomic E-state index is 13.2. The Bertz CT molecular complexity index is 857. The fourth-order valence-corrected chi connectivity index (χ4v) is 3.81. The smallest absolute Gasteiger partial charge is 0.326 e. The minimum absolute atomic E-state index is 0.0753. The molecule has 0 aromatic rings. The molecular weight excluding hydrogens is 488 g/mol. The minimum atomic E-state index is -1.35. The highest BCUT2D eigenvalue weighted by molar-refractivity contribution is 5.94. The first-order valence-corrected chi connectivity index (χ1v) is 12.0. The first kappa shape index (κ1) is 31.4. The van der Waals surface area contributed by atoms with Gasteiger partial charge in [-0.2, -0.15) is 0 Å². The topological polar surface area (TPSA) is 291 Å². The van der Waals surface area contributed by atoms with Crippen LogP contribution < -0.4 is 39.3 Å². The van der Waals surface area contributed by atoms with Gasteiger partial charge in [-0.1, -0.05) is 0 Å². The summed E-state index contributed by atoms with van der Waals surface area (Å²) in [5, 5.41) is 24.6. The number of amides is 3. The number of carbonyl (C=O) groups excluding carboxylic acids is 3. The van der Waals surface area contributed by atoms with Gasteiger partial charge in [-0.3, -0.25) is 24.4 Å². The van der Waals surface area contributed by atoms with Crippen molar-refractivity contribution >= 4 is 35.6 Å². The van der Waals surface area contributed by atoms with E-state index >= 15 is 0 Å². The molecule has 16 nitrogen and oxygen atoms in total. The van der Waals surface area contributed by atoms with Gasteiger partial charge >= 0.3 is 5.97 Å². The number of likely N-dealkylation sites (tertiary alicyclic amines) is 1. The summed E-state index contributed by atoms with van der Waals surface area (Å²) in [5.74, 6) is -3.42. The van der Waals surface area contributed by atoms with E-state index in [-0.39, 0.29) is 44.4 Å². The largest absolute Gasteiger partial charge is 0.480 e. The fraction of sp³-hybridized carbons (Fsp3) is 0.714. The number of carboxylic acid groups (broad SMARTS) is 1. The Morgan fingerprint density at radius 1 is 1.00 bits per heavy atom. The Morgan fingerprint density at radius 2 is 1.57 bits per heavy atom. The zero-order chi connectivity index (χ0) is 28.1. The van der Waals surface area contributed by atoms with E-state index < -0.39 is 54.0 Å². The van der Waals surface area contributed by atoms with Gasteiger partial charge in [0.15, 0.2) is 11.9 Å². The predicted molar refractivity (Wildman–Crippen MR) is 136 cm³/mol. The summed E-state index contributed by atoms with van der Waals surface area (Å²) >= 11 is 0. The van der Waals surface area contributed by atoms with Crippen LogP contribution in [-0.4, -0.2) is 101 Å². The van der Waals surface area contributed by atoms with Crippen LogP contribution in [0.2, 0.25) is 0 Å². The van der Waals surface area contributed by atoms with Gasteiger partial charge in [0.2, 0.25) is 17.7 Å². The Hall–Kier alpha value is -3.66. The Balaban J connectivity index is 2.80. The van der Waals surface area contributed by atoms with Crippen molar-refractivity contribution in [3.8, 4) is 0 Å². The van der Waals surface area contributed by atoms with Gasteiger partial charge in [-0.15, -0.1) is 0 Å². The van der Waals surface area contributed by atoms with Crippen molar-refractivity contribution < 1.29 is 29.4 Å². The van der Waals surface area contributed by atoms with Crippen LogP contribution in [0.3, 0.4) is 0 Å². The second-order valence-corrected chi connectivity index (χ2v) is 8.82. The molecule has 1 saturated heterocycles. The third kappa shape index (κ3) is 10.9. The highest BCUT2D eigenvalue weighted by Crippen LogP contribution is 2.20. The van der Waals surface area contributed by atoms with E-state index in [1.807, 2.05) is 0 Å². The van der Waals surface area contributed by atoms with Crippen LogP contribution in [0.4, 0.5) is 0 Å². The lowest BCUT2D eigenvalue weighted by Crippen LogP contribution is -2.59. The first-order valence-electron chi connectivity index (χ1n) is 12.0. The van der Waals surface area contributed by atoms with Gasteiger partial charge in [-0.05, 0) is 45.4 Å². The second-order valence-electron chi connectivity index (χ2n) is 8.82. The second kappa shape index (κ2) is 15.5. The number of carboxylic acids is 1. The Morgan fingerprint density at radius 3 is 2.08 bits per heavy atom. The molecule has 0 saturated carbocycles. The SMILES string of the molecule is CC(O)C(NC(=O)C(N)CCCN=C(N)N)C(=O)N1CCCC1C(=O)NC(CCCN=C(N)N)C(=O)O. The Kier molecular flexibility index (Phi) is 13.1. The monoisotopic (exact) mass is 528 g/mol. The molecule has 16 heteroatoms. The summed E-state index contributed by atoms with van der Waals surface area (Å²) in [7, 11) is 0. The molecule has 210 valence electrons. The number of nitrogens with zero attached hydrogens (tertiary/aromatic N) is 3. The maximum Gasteiger partial charge on any atom is 0.326 e. The summed E-state index contributed by atoms with van der Waals surface area (Å²) in [6, 6.07) is -4.49. The van der Waals surface area contributed by atoms with Crippen molar-refractivity contribution in [2.45, 2.75) is 75.7 Å². The lowest BCUT2D eigenvalue weighted by molar-refractivity contribution is -0.146. The van der Waals surface area contributed by atoms with Crippen molar-refractivity contribution in [1.29, 1.82) is 0 Å². The zero-order valence-electron chi connectivity index (χ0n) is 21.0. The third-order valence-electron chi connectivity index (χ3n) is 5.75. The molecule has 1 heterocycles. The number of aliphatic hydroxyl groups is 1. The molecule has 37 heavy (non-hydrogen) atoms. The summed E-state index contributed by atoms with van der Waals surface area (Å²) in [6.07, 6.45) is 0.538. The minimum Gasteiger partial charge on any atom is -0.480 e. The van der Waals surface area contributed by atoms with Crippen molar-refractivity contribution in [2.24, 2.45) is 38.7 Å². The number of rotatable bonds is 15. The van der Waals surface area contributed by atoms with Gasteiger partial charge in [0.05, 0.1) is 12.1 Å². The number of hydrogen-bond donors (Lipinski definition) is 9. The molecule has 0 aromatic carbocycles. The normalized spacial score (nSPS) is 18.1. The Labute approximate surface area is 215 Å². The van der Waals surface area contributed by atoms with Gasteiger partial charge in [0.1, 0.15) is 18.1 Å². The quantitative estimate of drug-likeness (QED) is 0.0558. The van der Waals surface area contributed by atoms with E-state index in [1.165, 1.54) is 11.8 Å². The molecule has 14 N–H and O–H groups in total. The first-order chi connectivity index (χ1) is 17.3. The average molecular weight is 529 g/mol. The van der Waals surface area contributed by atoms with Gasteiger partial charge in [0, 0.05) is 19.6 Å². The third-order valence-corrected chi connectivity index (χ3v) is 5.75. The van der Waals surface area contributed by atoms with Crippen molar-refractivity contribution in [2.75, 3.05) is 19.6 Å². The summed E-state index contributed by atoms with van der Waals surface area (Å²) in [4.78, 5) is 59.1. The molecule has 1 fully saturated rings. The van der Waals surface area contributed by atoms with Crippen molar-refractivity contribution in [3.63, 3.8) is 0 Å². The number of hydrogen-bond acceptors (Lipinski definition) is 8. The van der Waals surface area contributed by atoms with Crippen LogP contribution >= 0.6 is 0 Å². The predicted octanol–water partition coefficient (Wildman–Crippen LogP) is -4.15. The van der Waals surface area contributed by atoms with Gasteiger partial charge < -0.3 is 54.4 Å². The summed E-state index contributed by atoms with van der Waals surface area (Å²) < 4.78 is 0. The van der Waals surface area contributed by atoms with Crippen molar-refractivity contribution in [3.05, 3.63) is 0 Å². The fourth-order valence-electron chi connectivity index (χ4n) is 3.81. The van der Waals surface area contributed by atoms with Crippen LogP contribution in [-0.2, 0) is 19.2 Å². The average Bonchev–Trinajstić information content (AvgIpc) is 3.30. The molecule has 0 bridgehead atoms. The molecule has 1 rings (SSSR count). The molecule has 0 aliphatic carbocycles. The van der Waals surface area contributed by atoms with E-state index in [1.54, 1.807) is 0 Å². The number of nitrogens with two attached hydrogens (primary N) is 5. The van der Waals surface area contributed by atoms with Crippen molar-refractivity contribution in [1.82, 2.24) is 15.5 Å². The summed E-state index contributed by atoms with van der Waals surface area (Å²) in [6.45, 7) is 2.00. The van der Waals surface area contributed by atoms with Gasteiger partial charge in [-0.25, -0.2) is 4.79 Å². The van der Waals surface area contributed by atoms with E-state index in [2.05, 4.69) is 20.6 Å². The van der Waals surface area contributed by atoms with E-state index in [4.69, 9.17) is 28.7 Å². The lowest BCUT2D eigenvalue weighted by atomic mass is 10.1. The highest BCUT2D eigenvalue weighted by atomic mass is 16.4. The molecule has 3 amide bonds. The summed E-state index contributed by atoms with van der Waals surface area (Å²) in [5.41, 5.74) is 26.9. The molecule has 1 aliphatic rings. The van der Waals surface area contributed by atoms with Gasteiger partial charge in [0.25, 0.3) is 0 Å². The number of nitrogens with one attached hydrogen (secondary N) is 2. The zero-order valence-corrected chi connectivity index (χ0v) is 21.0. The number of carbonyl (C=O) groups is 4. The highest BCUT2D eigenvalue weighted by Gasteiger charge is 2.40. The van der Waals surface area contributed by atoms with Crippen LogP contribution in [0, 0.1) is 0 Å². The maximum absolute atomic E-state index is 13.2. The van der Waals surface area contributed by atoms with E-state index in [0.29, 0.717) is 25.7 Å². The molecule has 5 atom stereocenters. The molecule has 1 aliphatic heterocycles. The number of aliphatic imine (C=N–C) groups is 2. The molecule has 0 aromatic heterocycles. The number of aliphatic carboxylic acids is 1. The number of aliphatic hydroxyl groups excluding tert-OH is 1.